The van der Waals surface area contributed by atoms with E-state index in [2.05, 4.69) is 11.8 Å². The fourth-order valence-electron chi connectivity index (χ4n) is 4.12. The second-order valence-corrected chi connectivity index (χ2v) is 7.28. The van der Waals surface area contributed by atoms with Crippen LogP contribution in [0.5, 0.6) is 11.5 Å². The highest BCUT2D eigenvalue weighted by atomic mass is 16.5. The molecule has 3 rings (SSSR count). The van der Waals surface area contributed by atoms with Crippen molar-refractivity contribution in [3.05, 3.63) is 23.8 Å². The van der Waals surface area contributed by atoms with Gasteiger partial charge in [0.25, 0.3) is 5.91 Å². The van der Waals surface area contributed by atoms with Gasteiger partial charge in [0.1, 0.15) is 0 Å². The summed E-state index contributed by atoms with van der Waals surface area (Å²) in [5, 5.41) is 0. The SMILES string of the molecule is COc1cccc(C(=O)N2CCN(C3CCC(C)CC3)CC2)c1OC. The van der Waals surface area contributed by atoms with Crippen molar-refractivity contribution in [2.45, 2.75) is 38.6 Å². The zero-order valence-electron chi connectivity index (χ0n) is 15.7. The summed E-state index contributed by atoms with van der Waals surface area (Å²) in [6.07, 6.45) is 5.29. The van der Waals surface area contributed by atoms with Gasteiger partial charge in [0.2, 0.25) is 0 Å². The summed E-state index contributed by atoms with van der Waals surface area (Å²) in [4.78, 5) is 17.5. The van der Waals surface area contributed by atoms with Crippen molar-refractivity contribution in [1.82, 2.24) is 9.80 Å². The predicted octanol–water partition coefficient (Wildman–Crippen LogP) is 3.04. The van der Waals surface area contributed by atoms with Crippen LogP contribution in [0.15, 0.2) is 18.2 Å². The molecule has 5 heteroatoms. The lowest BCUT2D eigenvalue weighted by Crippen LogP contribution is -2.52. The average molecular weight is 346 g/mol. The van der Waals surface area contributed by atoms with Gasteiger partial charge in [0.15, 0.2) is 11.5 Å². The molecule has 1 heterocycles. The smallest absolute Gasteiger partial charge is 0.257 e. The minimum atomic E-state index is 0.0349. The fourth-order valence-corrected chi connectivity index (χ4v) is 4.12. The number of ether oxygens (including phenoxy) is 2. The molecule has 0 spiro atoms. The van der Waals surface area contributed by atoms with Gasteiger partial charge in [-0.25, -0.2) is 0 Å². The molecule has 1 aliphatic carbocycles. The van der Waals surface area contributed by atoms with Crippen molar-refractivity contribution < 1.29 is 14.3 Å². The molecule has 1 saturated heterocycles. The molecule has 1 aromatic rings. The summed E-state index contributed by atoms with van der Waals surface area (Å²) >= 11 is 0. The van der Waals surface area contributed by atoms with Gasteiger partial charge in [-0.3, -0.25) is 9.69 Å². The van der Waals surface area contributed by atoms with Gasteiger partial charge in [-0.1, -0.05) is 13.0 Å². The Bertz CT molecular complexity index is 589. The number of carbonyl (C=O) groups excluding carboxylic acids is 1. The Balaban J connectivity index is 1.62. The molecule has 0 aromatic heterocycles. The lowest BCUT2D eigenvalue weighted by Gasteiger charge is -2.41. The monoisotopic (exact) mass is 346 g/mol. The fraction of sp³-hybridized carbons (Fsp3) is 0.650. The number of benzene rings is 1. The first kappa shape index (κ1) is 18.1. The number of piperazine rings is 1. The first-order chi connectivity index (χ1) is 12.1. The van der Waals surface area contributed by atoms with Gasteiger partial charge in [-0.05, 0) is 43.7 Å². The van der Waals surface area contributed by atoms with Crippen LogP contribution in [0.4, 0.5) is 0 Å². The maximum absolute atomic E-state index is 12.9. The Morgan fingerprint density at radius 1 is 1.00 bits per heavy atom. The lowest BCUT2D eigenvalue weighted by atomic mass is 9.86. The van der Waals surface area contributed by atoms with E-state index in [1.807, 2.05) is 23.1 Å². The third kappa shape index (κ3) is 3.92. The minimum Gasteiger partial charge on any atom is -0.493 e. The van der Waals surface area contributed by atoms with Crippen LogP contribution in [-0.2, 0) is 0 Å². The zero-order chi connectivity index (χ0) is 17.8. The molecule has 1 saturated carbocycles. The number of hydrogen-bond acceptors (Lipinski definition) is 4. The van der Waals surface area contributed by atoms with E-state index in [1.165, 1.54) is 25.7 Å². The summed E-state index contributed by atoms with van der Waals surface area (Å²) in [6.45, 7) is 5.86. The van der Waals surface area contributed by atoms with Crippen LogP contribution in [0.25, 0.3) is 0 Å². The van der Waals surface area contributed by atoms with E-state index < -0.39 is 0 Å². The number of carbonyl (C=O) groups is 1. The van der Waals surface area contributed by atoms with Crippen molar-refractivity contribution in [2.24, 2.45) is 5.92 Å². The molecular formula is C20H30N2O3. The zero-order valence-corrected chi connectivity index (χ0v) is 15.7. The third-order valence-electron chi connectivity index (χ3n) is 5.74. The number of para-hydroxylation sites is 1. The van der Waals surface area contributed by atoms with E-state index in [4.69, 9.17) is 9.47 Å². The Hall–Kier alpha value is -1.75. The molecule has 0 bridgehead atoms. The highest BCUT2D eigenvalue weighted by Crippen LogP contribution is 2.32. The van der Waals surface area contributed by atoms with Crippen LogP contribution < -0.4 is 9.47 Å². The van der Waals surface area contributed by atoms with Crippen LogP contribution in [0.3, 0.4) is 0 Å². The van der Waals surface area contributed by atoms with Crippen LogP contribution >= 0.6 is 0 Å². The van der Waals surface area contributed by atoms with Gasteiger partial charge < -0.3 is 14.4 Å². The standard InChI is InChI=1S/C20H30N2O3/c1-15-7-9-16(10-8-15)21-11-13-22(14-12-21)20(23)17-5-4-6-18(24-2)19(17)25-3/h4-6,15-16H,7-14H2,1-3H3. The molecule has 5 nitrogen and oxygen atoms in total. The topological polar surface area (TPSA) is 42.0 Å². The van der Waals surface area contributed by atoms with Gasteiger partial charge in [-0.2, -0.15) is 0 Å². The van der Waals surface area contributed by atoms with Crippen molar-refractivity contribution in [3.8, 4) is 11.5 Å². The van der Waals surface area contributed by atoms with E-state index >= 15 is 0 Å². The highest BCUT2D eigenvalue weighted by molar-refractivity contribution is 5.97. The van der Waals surface area contributed by atoms with Gasteiger partial charge in [0.05, 0.1) is 19.8 Å². The Kier molecular flexibility index (Phi) is 5.84. The van der Waals surface area contributed by atoms with Crippen molar-refractivity contribution in [1.29, 1.82) is 0 Å². The van der Waals surface area contributed by atoms with E-state index in [0.29, 0.717) is 23.1 Å². The molecule has 0 atom stereocenters. The highest BCUT2D eigenvalue weighted by Gasteiger charge is 2.30. The molecule has 25 heavy (non-hydrogen) atoms. The summed E-state index contributed by atoms with van der Waals surface area (Å²) in [5.74, 6) is 2.04. The second-order valence-electron chi connectivity index (χ2n) is 7.28. The quantitative estimate of drug-likeness (QED) is 0.840. The molecule has 1 aromatic carbocycles. The molecule has 2 aliphatic rings. The van der Waals surface area contributed by atoms with E-state index in [-0.39, 0.29) is 5.91 Å². The van der Waals surface area contributed by atoms with Crippen LogP contribution in [0, 0.1) is 5.92 Å². The Morgan fingerprint density at radius 2 is 1.68 bits per heavy atom. The van der Waals surface area contributed by atoms with Crippen LogP contribution in [-0.4, -0.2) is 62.1 Å². The van der Waals surface area contributed by atoms with Gasteiger partial charge >= 0.3 is 0 Å². The normalized spacial score (nSPS) is 24.8. The minimum absolute atomic E-state index is 0.0349. The number of amides is 1. The largest absolute Gasteiger partial charge is 0.493 e. The lowest BCUT2D eigenvalue weighted by molar-refractivity contribution is 0.0498. The second kappa shape index (κ2) is 8.09. The molecule has 0 N–H and O–H groups in total. The van der Waals surface area contributed by atoms with Gasteiger partial charge in [-0.15, -0.1) is 0 Å². The summed E-state index contributed by atoms with van der Waals surface area (Å²) in [7, 11) is 3.17. The molecule has 0 unspecified atom stereocenters. The number of rotatable bonds is 4. The first-order valence-electron chi connectivity index (χ1n) is 9.38. The Labute approximate surface area is 150 Å². The van der Waals surface area contributed by atoms with E-state index in [1.54, 1.807) is 14.2 Å². The Morgan fingerprint density at radius 3 is 2.28 bits per heavy atom. The third-order valence-corrected chi connectivity index (χ3v) is 5.74. The maximum Gasteiger partial charge on any atom is 0.257 e. The number of hydrogen-bond donors (Lipinski definition) is 0. The first-order valence-corrected chi connectivity index (χ1v) is 9.38. The molecule has 0 radical (unpaired) electrons. The molecule has 1 amide bonds. The summed E-state index contributed by atoms with van der Waals surface area (Å²) < 4.78 is 10.7. The summed E-state index contributed by atoms with van der Waals surface area (Å²) in [5.41, 5.74) is 0.585. The predicted molar refractivity (Wildman–Crippen MR) is 98.4 cm³/mol. The van der Waals surface area contributed by atoms with E-state index in [0.717, 1.165) is 32.1 Å². The number of methoxy groups -OCH3 is 2. The molecule has 138 valence electrons. The number of nitrogens with zero attached hydrogens (tertiary/aromatic N) is 2. The molecule has 2 fully saturated rings. The van der Waals surface area contributed by atoms with Crippen molar-refractivity contribution >= 4 is 5.91 Å². The van der Waals surface area contributed by atoms with Crippen molar-refractivity contribution in [2.75, 3.05) is 40.4 Å². The average Bonchev–Trinajstić information content (AvgIpc) is 2.67. The molecule has 1 aliphatic heterocycles. The molecular weight excluding hydrogens is 316 g/mol. The maximum atomic E-state index is 12.9. The van der Waals surface area contributed by atoms with Crippen LogP contribution in [0.2, 0.25) is 0 Å². The van der Waals surface area contributed by atoms with Crippen molar-refractivity contribution in [3.63, 3.8) is 0 Å². The summed E-state index contributed by atoms with van der Waals surface area (Å²) in [6, 6.07) is 6.18. The van der Waals surface area contributed by atoms with E-state index in [9.17, 15) is 4.79 Å². The van der Waals surface area contributed by atoms with Gasteiger partial charge in [0, 0.05) is 32.2 Å². The van der Waals surface area contributed by atoms with Crippen LogP contribution in [0.1, 0.15) is 43.0 Å².